The molecule has 0 unspecified atom stereocenters. The minimum atomic E-state index is -3.51. The highest BCUT2D eigenvalue weighted by atomic mass is 32.2. The maximum atomic E-state index is 12.1. The van der Waals surface area contributed by atoms with Gasteiger partial charge in [0.15, 0.2) is 5.03 Å². The van der Waals surface area contributed by atoms with Crippen LogP contribution in [0.3, 0.4) is 0 Å². The van der Waals surface area contributed by atoms with Gasteiger partial charge in [0.2, 0.25) is 0 Å². The summed E-state index contributed by atoms with van der Waals surface area (Å²) in [5.74, 6) is 0.216. The molecule has 0 aromatic carbocycles. The van der Waals surface area contributed by atoms with Gasteiger partial charge >= 0.3 is 0 Å². The van der Waals surface area contributed by atoms with E-state index in [0.717, 1.165) is 0 Å². The fourth-order valence-corrected chi connectivity index (χ4v) is 3.34. The molecule has 17 heavy (non-hydrogen) atoms. The number of carbonyl (C=O) groups excluding carboxylic acids is 1. The highest BCUT2D eigenvalue weighted by Crippen LogP contribution is 2.23. The molecule has 1 aliphatic rings. The Morgan fingerprint density at radius 3 is 2.59 bits per heavy atom. The third-order valence-corrected chi connectivity index (χ3v) is 5.00. The van der Waals surface area contributed by atoms with E-state index >= 15 is 0 Å². The normalized spacial score (nSPS) is 18.8. The monoisotopic (exact) mass is 257 g/mol. The first-order valence-electron chi connectivity index (χ1n) is 5.51. The Kier molecular flexibility index (Phi) is 3.30. The van der Waals surface area contributed by atoms with Gasteiger partial charge in [0.25, 0.3) is 10.0 Å². The van der Waals surface area contributed by atoms with Gasteiger partial charge in [0.1, 0.15) is 5.78 Å². The van der Waals surface area contributed by atoms with Crippen molar-refractivity contribution < 1.29 is 13.2 Å². The molecule has 0 radical (unpaired) electrons. The second kappa shape index (κ2) is 4.58. The van der Waals surface area contributed by atoms with Gasteiger partial charge in [-0.2, -0.15) is 9.40 Å². The van der Waals surface area contributed by atoms with Crippen molar-refractivity contribution in [1.82, 2.24) is 14.5 Å². The number of sulfonamides is 1. The van der Waals surface area contributed by atoms with Gasteiger partial charge < -0.3 is 0 Å². The summed E-state index contributed by atoms with van der Waals surface area (Å²) in [5.41, 5.74) is 0. The lowest BCUT2D eigenvalue weighted by Crippen LogP contribution is -2.39. The number of Topliss-reactive ketones (excluding diaryl/α,β-unsaturated/α-hetero) is 1. The predicted molar refractivity (Wildman–Crippen MR) is 60.8 cm³/mol. The summed E-state index contributed by atoms with van der Waals surface area (Å²) in [6.07, 6.45) is 3.54. The third-order valence-electron chi connectivity index (χ3n) is 3.16. The number of hydrogen-bond donors (Lipinski definition) is 1. The number of H-pyrrole nitrogens is 1. The van der Waals surface area contributed by atoms with E-state index in [1.807, 2.05) is 0 Å². The lowest BCUT2D eigenvalue weighted by molar-refractivity contribution is -0.120. The molecule has 0 saturated heterocycles. The fraction of sp³-hybridized carbons (Fsp3) is 0.600. The van der Waals surface area contributed by atoms with Crippen molar-refractivity contribution in [2.24, 2.45) is 0 Å². The van der Waals surface area contributed by atoms with Gasteiger partial charge in [-0.05, 0) is 18.9 Å². The Morgan fingerprint density at radius 1 is 1.41 bits per heavy atom. The molecule has 1 aromatic rings. The summed E-state index contributed by atoms with van der Waals surface area (Å²) in [6.45, 7) is 0. The molecule has 1 aliphatic carbocycles. The van der Waals surface area contributed by atoms with Crippen LogP contribution in [-0.2, 0) is 14.8 Å². The van der Waals surface area contributed by atoms with Crippen LogP contribution in [0.1, 0.15) is 25.7 Å². The molecule has 0 spiro atoms. The van der Waals surface area contributed by atoms with E-state index in [1.54, 1.807) is 7.05 Å². The summed E-state index contributed by atoms with van der Waals surface area (Å²) in [7, 11) is -1.96. The van der Waals surface area contributed by atoms with Gasteiger partial charge in [0.05, 0.1) is 6.20 Å². The summed E-state index contributed by atoms with van der Waals surface area (Å²) >= 11 is 0. The van der Waals surface area contributed by atoms with Crippen LogP contribution in [0.2, 0.25) is 0 Å². The predicted octanol–water partition coefficient (Wildman–Crippen LogP) is 0.542. The van der Waals surface area contributed by atoms with Gasteiger partial charge in [-0.15, -0.1) is 0 Å². The number of ketones is 1. The molecule has 1 N–H and O–H groups in total. The van der Waals surface area contributed by atoms with E-state index in [2.05, 4.69) is 10.2 Å². The van der Waals surface area contributed by atoms with Crippen molar-refractivity contribution in [2.75, 3.05) is 7.05 Å². The summed E-state index contributed by atoms with van der Waals surface area (Å²) in [4.78, 5) is 11.1. The minimum Gasteiger partial charge on any atom is -0.300 e. The quantitative estimate of drug-likeness (QED) is 0.856. The first-order chi connectivity index (χ1) is 8.01. The van der Waals surface area contributed by atoms with Crippen molar-refractivity contribution in [3.63, 3.8) is 0 Å². The molecule has 0 bridgehead atoms. The average molecular weight is 257 g/mol. The lowest BCUT2D eigenvalue weighted by atomic mass is 9.95. The first-order valence-corrected chi connectivity index (χ1v) is 6.95. The smallest absolute Gasteiger partial charge is 0.259 e. The number of hydrogen-bond acceptors (Lipinski definition) is 4. The molecule has 7 heteroatoms. The zero-order valence-electron chi connectivity index (χ0n) is 9.59. The number of rotatable bonds is 3. The second-order valence-electron chi connectivity index (χ2n) is 4.21. The van der Waals surface area contributed by atoms with Gasteiger partial charge in [0, 0.05) is 25.9 Å². The number of aromatic amines is 1. The van der Waals surface area contributed by atoms with Crippen LogP contribution in [0.4, 0.5) is 0 Å². The van der Waals surface area contributed by atoms with Crippen LogP contribution in [0.5, 0.6) is 0 Å². The van der Waals surface area contributed by atoms with Crippen LogP contribution in [0.15, 0.2) is 17.3 Å². The molecule has 1 heterocycles. The van der Waals surface area contributed by atoms with Crippen molar-refractivity contribution in [1.29, 1.82) is 0 Å². The molecule has 1 saturated carbocycles. The Balaban J connectivity index is 2.15. The molecule has 6 nitrogen and oxygen atoms in total. The highest BCUT2D eigenvalue weighted by Gasteiger charge is 2.31. The van der Waals surface area contributed by atoms with Crippen LogP contribution in [0.25, 0.3) is 0 Å². The Hall–Kier alpha value is -1.21. The van der Waals surface area contributed by atoms with E-state index < -0.39 is 10.0 Å². The topological polar surface area (TPSA) is 83.1 Å². The molecule has 2 rings (SSSR count). The Bertz CT molecular complexity index is 485. The van der Waals surface area contributed by atoms with E-state index in [9.17, 15) is 13.2 Å². The zero-order valence-corrected chi connectivity index (χ0v) is 10.4. The SMILES string of the molecule is CN(C1CCC(=O)CC1)S(=O)(=O)c1ccn[nH]1. The molecule has 1 fully saturated rings. The van der Waals surface area contributed by atoms with Gasteiger partial charge in [-0.25, -0.2) is 8.42 Å². The van der Waals surface area contributed by atoms with Crippen molar-refractivity contribution in [3.8, 4) is 0 Å². The van der Waals surface area contributed by atoms with E-state index in [0.29, 0.717) is 25.7 Å². The average Bonchev–Trinajstić information content (AvgIpc) is 2.83. The van der Waals surface area contributed by atoms with Gasteiger partial charge in [-0.1, -0.05) is 0 Å². The molecule has 0 atom stereocenters. The fourth-order valence-electron chi connectivity index (χ4n) is 2.03. The van der Waals surface area contributed by atoms with Crippen molar-refractivity contribution >= 4 is 15.8 Å². The Morgan fingerprint density at radius 2 is 2.06 bits per heavy atom. The van der Waals surface area contributed by atoms with Crippen molar-refractivity contribution in [2.45, 2.75) is 36.8 Å². The summed E-state index contributed by atoms with van der Waals surface area (Å²) < 4.78 is 25.6. The third kappa shape index (κ3) is 2.39. The summed E-state index contributed by atoms with van der Waals surface area (Å²) in [5, 5.41) is 6.20. The van der Waals surface area contributed by atoms with Crippen LogP contribution in [0, 0.1) is 0 Å². The molecule has 1 aromatic heterocycles. The molecule has 94 valence electrons. The largest absolute Gasteiger partial charge is 0.300 e. The molecular weight excluding hydrogens is 242 g/mol. The number of carbonyl (C=O) groups is 1. The number of aromatic nitrogens is 2. The standard InChI is InChI=1S/C10H15N3O3S/c1-13(8-2-4-9(14)5-3-8)17(15,16)10-6-7-11-12-10/h6-8H,2-5H2,1H3,(H,11,12). The highest BCUT2D eigenvalue weighted by molar-refractivity contribution is 7.89. The van der Waals surface area contributed by atoms with E-state index in [-0.39, 0.29) is 16.9 Å². The number of nitrogens with zero attached hydrogens (tertiary/aromatic N) is 2. The molecule has 0 amide bonds. The van der Waals surface area contributed by atoms with E-state index in [4.69, 9.17) is 0 Å². The minimum absolute atomic E-state index is 0.0944. The number of nitrogens with one attached hydrogen (secondary N) is 1. The maximum absolute atomic E-state index is 12.1. The molecule has 0 aliphatic heterocycles. The molecular formula is C10H15N3O3S. The summed E-state index contributed by atoms with van der Waals surface area (Å²) in [6, 6.07) is 1.33. The maximum Gasteiger partial charge on any atom is 0.259 e. The van der Waals surface area contributed by atoms with Gasteiger partial charge in [-0.3, -0.25) is 9.89 Å². The lowest BCUT2D eigenvalue weighted by Gasteiger charge is -2.29. The van der Waals surface area contributed by atoms with E-state index in [1.165, 1.54) is 16.6 Å². The van der Waals surface area contributed by atoms with Crippen LogP contribution < -0.4 is 0 Å². The van der Waals surface area contributed by atoms with Crippen molar-refractivity contribution in [3.05, 3.63) is 12.3 Å². The zero-order chi connectivity index (χ0) is 12.5. The van der Waals surface area contributed by atoms with Crippen LogP contribution >= 0.6 is 0 Å². The Labute approximate surface area is 100 Å². The second-order valence-corrected chi connectivity index (χ2v) is 6.18. The first kappa shape index (κ1) is 12.3. The van der Waals surface area contributed by atoms with Crippen LogP contribution in [-0.4, -0.2) is 41.8 Å².